The molecule has 1 N–H and O–H groups in total. The second-order valence-electron chi connectivity index (χ2n) is 6.50. The first-order valence-electron chi connectivity index (χ1n) is 8.21. The number of hydrogen-bond donors (Lipinski definition) is 1. The molecule has 5 nitrogen and oxygen atoms in total. The molecule has 0 aliphatic carbocycles. The zero-order valence-electron chi connectivity index (χ0n) is 12.9. The molecule has 0 saturated carbocycles. The molecule has 6 heteroatoms. The molecule has 23 heavy (non-hydrogen) atoms. The van der Waals surface area contributed by atoms with Crippen LogP contribution in [-0.4, -0.2) is 22.2 Å². The summed E-state index contributed by atoms with van der Waals surface area (Å²) in [5, 5.41) is 7.56. The van der Waals surface area contributed by atoms with Gasteiger partial charge in [-0.25, -0.2) is 4.39 Å². The predicted molar refractivity (Wildman–Crippen MR) is 81.4 cm³/mol. The van der Waals surface area contributed by atoms with Gasteiger partial charge in [0.2, 0.25) is 11.7 Å². The molecule has 3 heterocycles. The molecule has 2 unspecified atom stereocenters. The Labute approximate surface area is 134 Å². The number of benzene rings is 1. The Kier molecular flexibility index (Phi) is 3.99. The van der Waals surface area contributed by atoms with Crippen molar-refractivity contribution in [2.75, 3.05) is 0 Å². The molecule has 2 atom stereocenters. The fourth-order valence-corrected chi connectivity index (χ4v) is 3.72. The van der Waals surface area contributed by atoms with Crippen molar-refractivity contribution in [1.82, 2.24) is 15.5 Å². The van der Waals surface area contributed by atoms with E-state index >= 15 is 0 Å². The Hall–Kier alpha value is -1.95. The van der Waals surface area contributed by atoms with Crippen LogP contribution in [0.15, 0.2) is 28.8 Å². The molecular formula is C17H20FN3O2. The molecule has 2 aromatic rings. The molecule has 2 aliphatic heterocycles. The van der Waals surface area contributed by atoms with Gasteiger partial charge in [0.05, 0.1) is 0 Å². The van der Waals surface area contributed by atoms with Crippen molar-refractivity contribution in [3.63, 3.8) is 0 Å². The zero-order chi connectivity index (χ0) is 15.6. The van der Waals surface area contributed by atoms with Gasteiger partial charge in [-0.15, -0.1) is 0 Å². The van der Waals surface area contributed by atoms with Crippen molar-refractivity contribution in [3.05, 3.63) is 41.8 Å². The standard InChI is InChI=1S/C17H20FN3O2/c18-14-3-1-2-4-15(14)22-10-16-20-17(23-21-16)9-11-7-12-5-6-13(8-11)19-12/h1-4,11-13,19H,5-10H2. The smallest absolute Gasteiger partial charge is 0.227 e. The molecule has 122 valence electrons. The molecule has 1 aromatic heterocycles. The largest absolute Gasteiger partial charge is 0.482 e. The van der Waals surface area contributed by atoms with Crippen LogP contribution in [0.1, 0.15) is 37.4 Å². The topological polar surface area (TPSA) is 60.2 Å². The first-order valence-corrected chi connectivity index (χ1v) is 8.21. The average Bonchev–Trinajstić information content (AvgIpc) is 3.13. The van der Waals surface area contributed by atoms with Crippen LogP contribution in [-0.2, 0) is 13.0 Å². The number of ether oxygens (including phenoxy) is 1. The molecule has 0 radical (unpaired) electrons. The summed E-state index contributed by atoms with van der Waals surface area (Å²) in [6.45, 7) is 0.113. The van der Waals surface area contributed by atoms with E-state index in [0.717, 1.165) is 6.42 Å². The summed E-state index contributed by atoms with van der Waals surface area (Å²) in [4.78, 5) is 4.37. The van der Waals surface area contributed by atoms with E-state index in [2.05, 4.69) is 15.5 Å². The number of nitrogens with one attached hydrogen (secondary N) is 1. The fourth-order valence-electron chi connectivity index (χ4n) is 3.72. The number of hydrogen-bond acceptors (Lipinski definition) is 5. The number of fused-ring (bicyclic) bond motifs is 2. The van der Waals surface area contributed by atoms with Gasteiger partial charge < -0.3 is 14.6 Å². The van der Waals surface area contributed by atoms with E-state index in [1.165, 1.54) is 31.7 Å². The van der Waals surface area contributed by atoms with Gasteiger partial charge >= 0.3 is 0 Å². The van der Waals surface area contributed by atoms with Crippen LogP contribution in [0, 0.1) is 11.7 Å². The van der Waals surface area contributed by atoms with Crippen LogP contribution in [0.5, 0.6) is 5.75 Å². The van der Waals surface area contributed by atoms with Gasteiger partial charge in [0.1, 0.15) is 0 Å². The van der Waals surface area contributed by atoms with Crippen molar-refractivity contribution in [1.29, 1.82) is 0 Å². The lowest BCUT2D eigenvalue weighted by Crippen LogP contribution is -2.38. The molecule has 2 saturated heterocycles. The lowest BCUT2D eigenvalue weighted by atomic mass is 9.90. The highest BCUT2D eigenvalue weighted by Crippen LogP contribution is 2.32. The number of aromatic nitrogens is 2. The maximum atomic E-state index is 13.5. The molecule has 0 amide bonds. The first kappa shape index (κ1) is 14.6. The van der Waals surface area contributed by atoms with E-state index < -0.39 is 0 Å². The van der Waals surface area contributed by atoms with Gasteiger partial charge in [-0.05, 0) is 43.7 Å². The van der Waals surface area contributed by atoms with Crippen LogP contribution in [0.3, 0.4) is 0 Å². The van der Waals surface area contributed by atoms with Gasteiger partial charge in [-0.1, -0.05) is 17.3 Å². The highest BCUT2D eigenvalue weighted by molar-refractivity contribution is 5.23. The third kappa shape index (κ3) is 3.37. The summed E-state index contributed by atoms with van der Waals surface area (Å²) in [5.41, 5.74) is 0. The van der Waals surface area contributed by atoms with Crippen molar-refractivity contribution in [3.8, 4) is 5.75 Å². The van der Waals surface area contributed by atoms with Gasteiger partial charge in [-0.3, -0.25) is 0 Å². The quantitative estimate of drug-likeness (QED) is 0.919. The molecule has 1 aromatic carbocycles. The SMILES string of the molecule is Fc1ccccc1OCc1noc(CC2CC3CCC(C2)N3)n1. The molecule has 2 fully saturated rings. The van der Waals surface area contributed by atoms with E-state index in [9.17, 15) is 4.39 Å². The van der Waals surface area contributed by atoms with Crippen molar-refractivity contribution >= 4 is 0 Å². The summed E-state index contributed by atoms with van der Waals surface area (Å²) in [7, 11) is 0. The maximum Gasteiger partial charge on any atom is 0.227 e. The third-order valence-electron chi connectivity index (χ3n) is 4.74. The van der Waals surface area contributed by atoms with Crippen molar-refractivity contribution in [2.45, 2.75) is 50.8 Å². The summed E-state index contributed by atoms with van der Waals surface area (Å²) in [6.07, 6.45) is 5.75. The van der Waals surface area contributed by atoms with Crippen LogP contribution >= 0.6 is 0 Å². The Bertz CT molecular complexity index is 663. The van der Waals surface area contributed by atoms with Gasteiger partial charge in [-0.2, -0.15) is 4.98 Å². The lowest BCUT2D eigenvalue weighted by molar-refractivity contribution is 0.263. The minimum Gasteiger partial charge on any atom is -0.482 e. The first-order chi connectivity index (χ1) is 11.3. The van der Waals surface area contributed by atoms with Gasteiger partial charge in [0.25, 0.3) is 0 Å². The van der Waals surface area contributed by atoms with E-state index in [4.69, 9.17) is 9.26 Å². The Morgan fingerprint density at radius 2 is 2.00 bits per heavy atom. The number of nitrogens with zero attached hydrogens (tertiary/aromatic N) is 2. The zero-order valence-corrected chi connectivity index (χ0v) is 12.9. The summed E-state index contributed by atoms with van der Waals surface area (Å²) < 4.78 is 24.2. The minimum absolute atomic E-state index is 0.113. The average molecular weight is 317 g/mol. The Morgan fingerprint density at radius 1 is 1.22 bits per heavy atom. The monoisotopic (exact) mass is 317 g/mol. The van der Waals surface area contributed by atoms with Crippen LogP contribution < -0.4 is 10.1 Å². The predicted octanol–water partition coefficient (Wildman–Crippen LogP) is 2.86. The lowest BCUT2D eigenvalue weighted by Gasteiger charge is -2.27. The Morgan fingerprint density at radius 3 is 2.78 bits per heavy atom. The van der Waals surface area contributed by atoms with Crippen LogP contribution in [0.2, 0.25) is 0 Å². The molecule has 0 spiro atoms. The maximum absolute atomic E-state index is 13.5. The summed E-state index contributed by atoms with van der Waals surface area (Å²) >= 11 is 0. The Balaban J connectivity index is 1.33. The number of halogens is 1. The summed E-state index contributed by atoms with van der Waals surface area (Å²) in [5.74, 6) is 1.54. The molecular weight excluding hydrogens is 297 g/mol. The van der Waals surface area contributed by atoms with Crippen molar-refractivity contribution in [2.24, 2.45) is 5.92 Å². The number of piperidine rings is 1. The van der Waals surface area contributed by atoms with E-state index in [1.807, 2.05) is 0 Å². The normalized spacial score (nSPS) is 26.4. The van der Waals surface area contributed by atoms with E-state index in [1.54, 1.807) is 18.2 Å². The van der Waals surface area contributed by atoms with E-state index in [0.29, 0.717) is 29.7 Å². The summed E-state index contributed by atoms with van der Waals surface area (Å²) in [6, 6.07) is 7.62. The fraction of sp³-hybridized carbons (Fsp3) is 0.529. The van der Waals surface area contributed by atoms with Crippen LogP contribution in [0.25, 0.3) is 0 Å². The van der Waals surface area contributed by atoms with Gasteiger partial charge in [0.15, 0.2) is 18.2 Å². The highest BCUT2D eigenvalue weighted by Gasteiger charge is 2.34. The van der Waals surface area contributed by atoms with E-state index in [-0.39, 0.29) is 18.2 Å². The number of para-hydroxylation sites is 1. The minimum atomic E-state index is -0.388. The highest BCUT2D eigenvalue weighted by atomic mass is 19.1. The molecule has 2 bridgehead atoms. The second kappa shape index (κ2) is 6.28. The molecule has 4 rings (SSSR count). The van der Waals surface area contributed by atoms with Crippen molar-refractivity contribution < 1.29 is 13.7 Å². The van der Waals surface area contributed by atoms with Crippen LogP contribution in [0.4, 0.5) is 4.39 Å². The third-order valence-corrected chi connectivity index (χ3v) is 4.74. The molecule has 2 aliphatic rings. The number of rotatable bonds is 5. The second-order valence-corrected chi connectivity index (χ2v) is 6.50. The van der Waals surface area contributed by atoms with Gasteiger partial charge in [0, 0.05) is 18.5 Å².